The summed E-state index contributed by atoms with van der Waals surface area (Å²) in [4.78, 5) is 11.7. The Kier molecular flexibility index (Phi) is 4.01. The molecule has 1 aromatic rings. The lowest BCUT2D eigenvalue weighted by atomic mass is 9.99. The van der Waals surface area contributed by atoms with Crippen LogP contribution in [0.15, 0.2) is 24.3 Å². The number of nitrogens with one attached hydrogen (secondary N) is 1. The average Bonchev–Trinajstić information content (AvgIpc) is 2.28. The number of para-hydroxylation sites is 1. The number of carbonyl (C=O) groups excluding carboxylic acids is 1. The second-order valence-corrected chi connectivity index (χ2v) is 4.27. The largest absolute Gasteiger partial charge is 0.418 e. The van der Waals surface area contributed by atoms with Crippen LogP contribution in [0.2, 0.25) is 0 Å². The van der Waals surface area contributed by atoms with Crippen molar-refractivity contribution in [2.75, 3.05) is 5.32 Å². The Bertz CT molecular complexity index is 441. The number of hydrogen-bond acceptors (Lipinski definition) is 2. The van der Waals surface area contributed by atoms with E-state index >= 15 is 0 Å². The Hall–Kier alpha value is -1.56. The summed E-state index contributed by atoms with van der Waals surface area (Å²) >= 11 is 0. The molecule has 1 unspecified atom stereocenters. The van der Waals surface area contributed by atoms with Crippen molar-refractivity contribution in [3.63, 3.8) is 0 Å². The van der Waals surface area contributed by atoms with E-state index in [0.717, 1.165) is 6.07 Å². The summed E-state index contributed by atoms with van der Waals surface area (Å²) in [5.41, 5.74) is 3.32. The van der Waals surface area contributed by atoms with Gasteiger partial charge in [0.15, 0.2) is 0 Å². The molecule has 0 spiro atoms. The van der Waals surface area contributed by atoms with Crippen LogP contribution in [0, 0.1) is 0 Å². The molecule has 100 valence electrons. The molecule has 6 heteroatoms. The Morgan fingerprint density at radius 1 is 1.33 bits per heavy atom. The highest BCUT2D eigenvalue weighted by Gasteiger charge is 2.35. The summed E-state index contributed by atoms with van der Waals surface area (Å²) in [6.07, 6.45) is -4.19. The van der Waals surface area contributed by atoms with Crippen molar-refractivity contribution in [1.29, 1.82) is 0 Å². The zero-order chi connectivity index (χ0) is 14.0. The van der Waals surface area contributed by atoms with Gasteiger partial charge in [0.25, 0.3) is 0 Å². The summed E-state index contributed by atoms with van der Waals surface area (Å²) in [7, 11) is 0. The first-order chi connectivity index (χ1) is 8.18. The number of alkyl halides is 3. The highest BCUT2D eigenvalue weighted by molar-refractivity contribution is 5.98. The SMILES string of the molecule is CCC(C)(N)C(=O)Nc1ccccc1C(F)(F)F. The third-order valence-corrected chi connectivity index (χ3v) is 2.73. The predicted molar refractivity (Wildman–Crippen MR) is 63.0 cm³/mol. The number of carbonyl (C=O) groups is 1. The summed E-state index contributed by atoms with van der Waals surface area (Å²) < 4.78 is 38.1. The van der Waals surface area contributed by atoms with E-state index in [1.54, 1.807) is 6.92 Å². The van der Waals surface area contributed by atoms with Gasteiger partial charge in [0.1, 0.15) is 0 Å². The molecule has 3 N–H and O–H groups in total. The van der Waals surface area contributed by atoms with Crippen LogP contribution in [0.4, 0.5) is 18.9 Å². The van der Waals surface area contributed by atoms with E-state index in [9.17, 15) is 18.0 Å². The van der Waals surface area contributed by atoms with E-state index in [2.05, 4.69) is 5.32 Å². The third kappa shape index (κ3) is 3.22. The molecule has 0 saturated heterocycles. The zero-order valence-electron chi connectivity index (χ0n) is 10.1. The minimum Gasteiger partial charge on any atom is -0.324 e. The number of nitrogens with two attached hydrogens (primary N) is 1. The minimum atomic E-state index is -4.51. The highest BCUT2D eigenvalue weighted by Crippen LogP contribution is 2.34. The minimum absolute atomic E-state index is 0.278. The van der Waals surface area contributed by atoms with Crippen LogP contribution < -0.4 is 11.1 Å². The molecule has 3 nitrogen and oxygen atoms in total. The van der Waals surface area contributed by atoms with Gasteiger partial charge in [0.05, 0.1) is 16.8 Å². The number of benzene rings is 1. The molecule has 0 aromatic heterocycles. The highest BCUT2D eigenvalue weighted by atomic mass is 19.4. The van der Waals surface area contributed by atoms with Crippen molar-refractivity contribution in [2.45, 2.75) is 32.0 Å². The molecule has 0 radical (unpaired) electrons. The summed E-state index contributed by atoms with van der Waals surface area (Å²) in [6, 6.07) is 4.80. The monoisotopic (exact) mass is 260 g/mol. The molecule has 0 heterocycles. The first-order valence-corrected chi connectivity index (χ1v) is 5.45. The Labute approximate surface area is 103 Å². The predicted octanol–water partition coefficient (Wildman–Crippen LogP) is 2.77. The number of halogens is 3. The van der Waals surface area contributed by atoms with Gasteiger partial charge in [0, 0.05) is 0 Å². The van der Waals surface area contributed by atoms with Gasteiger partial charge in [-0.25, -0.2) is 0 Å². The second-order valence-electron chi connectivity index (χ2n) is 4.27. The lowest BCUT2D eigenvalue weighted by Gasteiger charge is -2.22. The zero-order valence-corrected chi connectivity index (χ0v) is 10.1. The van der Waals surface area contributed by atoms with E-state index in [1.807, 2.05) is 0 Å². The molecule has 0 fully saturated rings. The van der Waals surface area contributed by atoms with Crippen LogP contribution in [-0.2, 0) is 11.0 Å². The molecular weight excluding hydrogens is 245 g/mol. The maximum atomic E-state index is 12.7. The van der Waals surface area contributed by atoms with Gasteiger partial charge in [0.2, 0.25) is 5.91 Å². The van der Waals surface area contributed by atoms with Gasteiger partial charge in [-0.3, -0.25) is 4.79 Å². The Balaban J connectivity index is 3.03. The Morgan fingerprint density at radius 2 is 1.89 bits per heavy atom. The first kappa shape index (κ1) is 14.5. The van der Waals surface area contributed by atoms with Crippen LogP contribution in [0.5, 0.6) is 0 Å². The van der Waals surface area contributed by atoms with E-state index in [-0.39, 0.29) is 5.69 Å². The quantitative estimate of drug-likeness (QED) is 0.878. The van der Waals surface area contributed by atoms with Crippen LogP contribution >= 0.6 is 0 Å². The molecule has 1 atom stereocenters. The van der Waals surface area contributed by atoms with Crippen molar-refractivity contribution in [3.8, 4) is 0 Å². The number of amides is 1. The number of rotatable bonds is 3. The Morgan fingerprint density at radius 3 is 2.39 bits per heavy atom. The van der Waals surface area contributed by atoms with Crippen LogP contribution in [0.1, 0.15) is 25.8 Å². The molecule has 0 aliphatic heterocycles. The maximum absolute atomic E-state index is 12.7. The first-order valence-electron chi connectivity index (χ1n) is 5.45. The fourth-order valence-electron chi connectivity index (χ4n) is 1.26. The van der Waals surface area contributed by atoms with Gasteiger partial charge in [-0.1, -0.05) is 19.1 Å². The fraction of sp³-hybridized carbons (Fsp3) is 0.417. The molecule has 0 aliphatic carbocycles. The van der Waals surface area contributed by atoms with Gasteiger partial charge in [-0.2, -0.15) is 13.2 Å². The summed E-state index contributed by atoms with van der Waals surface area (Å²) in [6.45, 7) is 3.16. The lowest BCUT2D eigenvalue weighted by molar-refractivity contribution is -0.137. The van der Waals surface area contributed by atoms with Gasteiger partial charge < -0.3 is 11.1 Å². The molecule has 0 aliphatic rings. The van der Waals surface area contributed by atoms with Gasteiger partial charge >= 0.3 is 6.18 Å². The summed E-state index contributed by atoms with van der Waals surface area (Å²) in [5, 5.41) is 2.22. The second kappa shape index (κ2) is 4.97. The molecule has 0 saturated carbocycles. The van der Waals surface area contributed by atoms with Gasteiger partial charge in [-0.15, -0.1) is 0 Å². The maximum Gasteiger partial charge on any atom is 0.418 e. The topological polar surface area (TPSA) is 55.1 Å². The van der Waals surface area contributed by atoms with Crippen molar-refractivity contribution in [2.24, 2.45) is 5.73 Å². The van der Waals surface area contributed by atoms with Gasteiger partial charge in [-0.05, 0) is 25.5 Å². The molecule has 18 heavy (non-hydrogen) atoms. The van der Waals surface area contributed by atoms with Crippen LogP contribution in [0.3, 0.4) is 0 Å². The molecular formula is C12H15F3N2O. The normalized spacial score (nSPS) is 15.0. The molecule has 1 aromatic carbocycles. The molecule has 0 bridgehead atoms. The van der Waals surface area contributed by atoms with E-state index in [4.69, 9.17) is 5.73 Å². The van der Waals surface area contributed by atoms with Crippen LogP contribution in [-0.4, -0.2) is 11.4 Å². The average molecular weight is 260 g/mol. The number of anilines is 1. The summed E-state index contributed by atoms with van der Waals surface area (Å²) in [5.74, 6) is -0.637. The standard InChI is InChI=1S/C12H15F3N2O/c1-3-11(2,16)10(18)17-9-7-5-4-6-8(9)12(13,14)15/h4-7H,3,16H2,1-2H3,(H,17,18). The van der Waals surface area contributed by atoms with Crippen LogP contribution in [0.25, 0.3) is 0 Å². The number of hydrogen-bond donors (Lipinski definition) is 2. The molecule has 1 rings (SSSR count). The van der Waals surface area contributed by atoms with Crippen molar-refractivity contribution < 1.29 is 18.0 Å². The van der Waals surface area contributed by atoms with Crippen molar-refractivity contribution in [3.05, 3.63) is 29.8 Å². The van der Waals surface area contributed by atoms with E-state index in [1.165, 1.54) is 25.1 Å². The lowest BCUT2D eigenvalue weighted by Crippen LogP contribution is -2.48. The smallest absolute Gasteiger partial charge is 0.324 e. The third-order valence-electron chi connectivity index (χ3n) is 2.73. The van der Waals surface area contributed by atoms with E-state index < -0.39 is 23.2 Å². The fourth-order valence-corrected chi connectivity index (χ4v) is 1.26. The van der Waals surface area contributed by atoms with Crippen molar-refractivity contribution in [1.82, 2.24) is 0 Å². The molecule has 1 amide bonds. The van der Waals surface area contributed by atoms with E-state index in [0.29, 0.717) is 6.42 Å². The van der Waals surface area contributed by atoms with Crippen molar-refractivity contribution >= 4 is 11.6 Å².